The number of aromatic nitrogens is 1. The largest absolute Gasteiger partial charge is 0.319 e. The lowest BCUT2D eigenvalue weighted by Gasteiger charge is -2.21. The minimum absolute atomic E-state index is 0.103. The lowest BCUT2D eigenvalue weighted by atomic mass is 10.0. The van der Waals surface area contributed by atoms with Crippen LogP contribution in [0.1, 0.15) is 60.5 Å². The zero-order chi connectivity index (χ0) is 15.0. The number of fused-ring (bicyclic) bond motifs is 1. The third kappa shape index (κ3) is 2.47. The average Bonchev–Trinajstić information content (AvgIpc) is 3.16. The van der Waals surface area contributed by atoms with E-state index in [0.717, 1.165) is 36.1 Å². The van der Waals surface area contributed by atoms with E-state index in [1.807, 2.05) is 22.1 Å². The molecule has 0 saturated carbocycles. The molecule has 0 bridgehead atoms. The highest BCUT2D eigenvalue weighted by molar-refractivity contribution is 7.10. The summed E-state index contributed by atoms with van der Waals surface area (Å²) in [5.74, 6) is 0. The van der Waals surface area contributed by atoms with Crippen LogP contribution in [0.15, 0.2) is 28.4 Å². The lowest BCUT2D eigenvalue weighted by molar-refractivity contribution is 0.492. The lowest BCUT2D eigenvalue weighted by Crippen LogP contribution is -2.32. The number of hydrogen-bond acceptors (Lipinski definition) is 3. The molecule has 2 atom stereocenters. The number of nitrogens with zero attached hydrogens (tertiary/aromatic N) is 1. The normalized spacial score (nSPS) is 16.7. The molecule has 2 aromatic rings. The van der Waals surface area contributed by atoms with Gasteiger partial charge in [-0.2, -0.15) is 0 Å². The van der Waals surface area contributed by atoms with Gasteiger partial charge in [0.15, 0.2) is 0 Å². The first-order valence-electron chi connectivity index (χ1n) is 7.69. The maximum absolute atomic E-state index is 13.0. The van der Waals surface area contributed by atoms with Gasteiger partial charge in [-0.1, -0.05) is 13.0 Å². The van der Waals surface area contributed by atoms with Crippen molar-refractivity contribution in [2.45, 2.75) is 51.6 Å². The van der Waals surface area contributed by atoms with Gasteiger partial charge in [-0.15, -0.1) is 11.3 Å². The van der Waals surface area contributed by atoms with Gasteiger partial charge in [0, 0.05) is 22.2 Å². The second-order valence-electron chi connectivity index (χ2n) is 5.85. The Labute approximate surface area is 129 Å². The van der Waals surface area contributed by atoms with Crippen LogP contribution in [-0.4, -0.2) is 4.57 Å². The number of aryl methyl sites for hydroxylation is 1. The number of thiophene rings is 1. The van der Waals surface area contributed by atoms with E-state index in [-0.39, 0.29) is 17.6 Å². The van der Waals surface area contributed by atoms with Crippen LogP contribution < -0.4 is 11.3 Å². The van der Waals surface area contributed by atoms with Crippen molar-refractivity contribution in [3.05, 3.63) is 55.6 Å². The third-order valence-corrected chi connectivity index (χ3v) is 5.49. The first kappa shape index (κ1) is 14.5. The van der Waals surface area contributed by atoms with Crippen molar-refractivity contribution in [2.24, 2.45) is 5.73 Å². The number of nitrogens with two attached hydrogens (primary N) is 1. The molecule has 0 amide bonds. The summed E-state index contributed by atoms with van der Waals surface area (Å²) in [6.45, 7) is 4.25. The molecular formula is C17H22N2OS. The van der Waals surface area contributed by atoms with Crippen LogP contribution in [0, 0.1) is 0 Å². The Bertz CT molecular complexity index is 688. The summed E-state index contributed by atoms with van der Waals surface area (Å²) < 4.78 is 2.01. The third-order valence-electron chi connectivity index (χ3n) is 4.53. The van der Waals surface area contributed by atoms with Gasteiger partial charge in [-0.25, -0.2) is 0 Å². The molecule has 1 aliphatic carbocycles. The summed E-state index contributed by atoms with van der Waals surface area (Å²) in [5, 5.41) is 2.01. The standard InChI is InChI=1S/C17H22N2OS/c1-3-11(2)19-14-7-4-6-12(14)10-13(17(19)20)16(18)15-8-5-9-21-15/h5,8-11,16H,3-4,6-7,18H2,1-2H3. The molecule has 2 aromatic heterocycles. The quantitative estimate of drug-likeness (QED) is 0.940. The highest BCUT2D eigenvalue weighted by Crippen LogP contribution is 2.28. The van der Waals surface area contributed by atoms with E-state index in [1.165, 1.54) is 11.3 Å². The fraction of sp³-hybridized carbons (Fsp3) is 0.471. The van der Waals surface area contributed by atoms with Gasteiger partial charge in [0.2, 0.25) is 0 Å². The summed E-state index contributed by atoms with van der Waals surface area (Å²) in [4.78, 5) is 14.0. The van der Waals surface area contributed by atoms with Crippen molar-refractivity contribution in [3.63, 3.8) is 0 Å². The first-order chi connectivity index (χ1) is 10.1. The Hall–Kier alpha value is -1.39. The molecule has 0 aliphatic heterocycles. The summed E-state index contributed by atoms with van der Waals surface area (Å²) in [7, 11) is 0. The molecule has 4 heteroatoms. The zero-order valence-corrected chi connectivity index (χ0v) is 13.5. The number of pyridine rings is 1. The molecule has 2 heterocycles. The highest BCUT2D eigenvalue weighted by atomic mass is 32.1. The molecule has 3 rings (SSSR count). The molecule has 112 valence electrons. The maximum Gasteiger partial charge on any atom is 0.256 e. The van der Waals surface area contributed by atoms with E-state index in [9.17, 15) is 4.79 Å². The molecule has 0 saturated heterocycles. The average molecular weight is 302 g/mol. The minimum atomic E-state index is -0.307. The van der Waals surface area contributed by atoms with Gasteiger partial charge in [0.05, 0.1) is 6.04 Å². The summed E-state index contributed by atoms with van der Waals surface area (Å²) in [6.07, 6.45) is 4.19. The smallest absolute Gasteiger partial charge is 0.256 e. The molecule has 2 N–H and O–H groups in total. The highest BCUT2D eigenvalue weighted by Gasteiger charge is 2.24. The van der Waals surface area contributed by atoms with E-state index in [0.29, 0.717) is 0 Å². The molecule has 2 unspecified atom stereocenters. The zero-order valence-electron chi connectivity index (χ0n) is 12.6. The maximum atomic E-state index is 13.0. The van der Waals surface area contributed by atoms with Crippen LogP contribution in [0.25, 0.3) is 0 Å². The van der Waals surface area contributed by atoms with Crippen molar-refractivity contribution >= 4 is 11.3 Å². The van der Waals surface area contributed by atoms with Gasteiger partial charge < -0.3 is 10.3 Å². The van der Waals surface area contributed by atoms with Crippen molar-refractivity contribution in [2.75, 3.05) is 0 Å². The Kier molecular flexibility index (Phi) is 4.00. The van der Waals surface area contributed by atoms with Crippen molar-refractivity contribution in [1.82, 2.24) is 4.57 Å². The SMILES string of the molecule is CCC(C)n1c2c(cc(C(N)c3cccs3)c1=O)CCC2. The summed E-state index contributed by atoms with van der Waals surface area (Å²) >= 11 is 1.61. The van der Waals surface area contributed by atoms with Crippen molar-refractivity contribution < 1.29 is 0 Å². The first-order valence-corrected chi connectivity index (χ1v) is 8.57. The molecule has 0 radical (unpaired) electrons. The Morgan fingerprint density at radius 1 is 1.43 bits per heavy atom. The molecule has 1 aliphatic rings. The van der Waals surface area contributed by atoms with E-state index in [4.69, 9.17) is 5.73 Å². The van der Waals surface area contributed by atoms with Crippen LogP contribution in [0.3, 0.4) is 0 Å². The van der Waals surface area contributed by atoms with Crippen LogP contribution >= 0.6 is 11.3 Å². The predicted molar refractivity (Wildman–Crippen MR) is 88.1 cm³/mol. The number of rotatable bonds is 4. The second-order valence-corrected chi connectivity index (χ2v) is 6.83. The Morgan fingerprint density at radius 3 is 2.90 bits per heavy atom. The fourth-order valence-electron chi connectivity index (χ4n) is 3.19. The second kappa shape index (κ2) is 5.78. The summed E-state index contributed by atoms with van der Waals surface area (Å²) in [6, 6.07) is 5.99. The predicted octanol–water partition coefficient (Wildman–Crippen LogP) is 3.42. The topological polar surface area (TPSA) is 48.0 Å². The molecular weight excluding hydrogens is 280 g/mol. The monoisotopic (exact) mass is 302 g/mol. The van der Waals surface area contributed by atoms with Crippen LogP contribution in [-0.2, 0) is 12.8 Å². The molecule has 21 heavy (non-hydrogen) atoms. The minimum Gasteiger partial charge on any atom is -0.319 e. The van der Waals surface area contributed by atoms with E-state index < -0.39 is 0 Å². The van der Waals surface area contributed by atoms with E-state index in [2.05, 4.69) is 19.9 Å². The Morgan fingerprint density at radius 2 is 2.24 bits per heavy atom. The van der Waals surface area contributed by atoms with Crippen molar-refractivity contribution in [1.29, 1.82) is 0 Å². The van der Waals surface area contributed by atoms with E-state index >= 15 is 0 Å². The summed E-state index contributed by atoms with van der Waals surface area (Å²) in [5.41, 5.74) is 9.76. The van der Waals surface area contributed by atoms with Gasteiger partial charge >= 0.3 is 0 Å². The van der Waals surface area contributed by atoms with Crippen LogP contribution in [0.5, 0.6) is 0 Å². The van der Waals surface area contributed by atoms with Gasteiger partial charge in [0.25, 0.3) is 5.56 Å². The molecule has 0 spiro atoms. The molecule has 3 nitrogen and oxygen atoms in total. The van der Waals surface area contributed by atoms with E-state index in [1.54, 1.807) is 11.3 Å². The van der Waals surface area contributed by atoms with Crippen molar-refractivity contribution in [3.8, 4) is 0 Å². The van der Waals surface area contributed by atoms with Crippen LogP contribution in [0.2, 0.25) is 0 Å². The molecule has 0 fully saturated rings. The fourth-order valence-corrected chi connectivity index (χ4v) is 3.93. The van der Waals surface area contributed by atoms with Gasteiger partial charge in [-0.05, 0) is 55.7 Å². The number of hydrogen-bond donors (Lipinski definition) is 1. The molecule has 0 aromatic carbocycles. The van der Waals surface area contributed by atoms with Crippen LogP contribution in [0.4, 0.5) is 0 Å². The van der Waals surface area contributed by atoms with Gasteiger partial charge in [0.1, 0.15) is 0 Å². The Balaban J connectivity index is 2.16. The van der Waals surface area contributed by atoms with Gasteiger partial charge in [-0.3, -0.25) is 4.79 Å².